The molecule has 2 aromatic carbocycles. The summed E-state index contributed by atoms with van der Waals surface area (Å²) in [6, 6.07) is 15.8. The van der Waals surface area contributed by atoms with Crippen molar-refractivity contribution in [2.75, 3.05) is 0 Å². The van der Waals surface area contributed by atoms with E-state index in [2.05, 4.69) is 41.2 Å². The Bertz CT molecular complexity index is 606. The third-order valence-electron chi connectivity index (χ3n) is 2.62. The van der Waals surface area contributed by atoms with Gasteiger partial charge >= 0.3 is 0 Å². The molecule has 0 atom stereocenters. The van der Waals surface area contributed by atoms with E-state index in [-0.39, 0.29) is 0 Å². The van der Waals surface area contributed by atoms with Gasteiger partial charge in [0.2, 0.25) is 0 Å². The van der Waals surface area contributed by atoms with Crippen LogP contribution in [-0.4, -0.2) is 0 Å². The fraction of sp³-hybridized carbons (Fsp3) is 0.0667. The van der Waals surface area contributed by atoms with Crippen molar-refractivity contribution in [2.24, 2.45) is 5.11 Å². The summed E-state index contributed by atoms with van der Waals surface area (Å²) in [4.78, 5) is 2.82. The minimum atomic E-state index is 0.642. The summed E-state index contributed by atoms with van der Waals surface area (Å²) in [7, 11) is 0. The second-order valence-electron chi connectivity index (χ2n) is 3.99. The number of benzene rings is 2. The molecule has 0 N–H and O–H groups in total. The van der Waals surface area contributed by atoms with Crippen molar-refractivity contribution in [1.82, 2.24) is 0 Å². The molecule has 0 aromatic heterocycles. The van der Waals surface area contributed by atoms with Crippen molar-refractivity contribution in [3.05, 3.63) is 75.7 Å². The highest BCUT2D eigenvalue weighted by Crippen LogP contribution is 2.21. The third kappa shape index (κ3) is 3.00. The molecule has 0 heterocycles. The molecular weight excluding hydrogens is 222 g/mol. The normalized spacial score (nSPS) is 10.3. The molecule has 3 heteroatoms. The molecule has 0 aliphatic rings. The van der Waals surface area contributed by atoms with E-state index in [9.17, 15) is 0 Å². The number of azide groups is 1. The number of aryl methyl sites for hydroxylation is 1. The van der Waals surface area contributed by atoms with E-state index in [4.69, 9.17) is 5.53 Å². The molecule has 0 fully saturated rings. The monoisotopic (exact) mass is 235 g/mol. The lowest BCUT2D eigenvalue weighted by Crippen LogP contribution is -1.75. The Morgan fingerprint density at radius 1 is 1.00 bits per heavy atom. The second-order valence-corrected chi connectivity index (χ2v) is 3.99. The van der Waals surface area contributed by atoms with Gasteiger partial charge in [-0.25, -0.2) is 0 Å². The Kier molecular flexibility index (Phi) is 3.79. The molecule has 0 radical (unpaired) electrons. The van der Waals surface area contributed by atoms with E-state index >= 15 is 0 Å². The highest BCUT2D eigenvalue weighted by atomic mass is 15.1. The summed E-state index contributed by atoms with van der Waals surface area (Å²) < 4.78 is 0. The Balaban J connectivity index is 2.28. The quantitative estimate of drug-likeness (QED) is 0.307. The van der Waals surface area contributed by atoms with E-state index in [1.165, 1.54) is 5.56 Å². The van der Waals surface area contributed by atoms with Crippen molar-refractivity contribution in [3.8, 4) is 0 Å². The van der Waals surface area contributed by atoms with Crippen LogP contribution in [-0.2, 0) is 0 Å². The van der Waals surface area contributed by atoms with E-state index < -0.39 is 0 Å². The molecule has 0 saturated carbocycles. The van der Waals surface area contributed by atoms with Gasteiger partial charge in [-0.1, -0.05) is 71.4 Å². The van der Waals surface area contributed by atoms with Gasteiger partial charge in [0.25, 0.3) is 0 Å². The van der Waals surface area contributed by atoms with Crippen molar-refractivity contribution in [1.29, 1.82) is 0 Å². The zero-order chi connectivity index (χ0) is 12.8. The summed E-state index contributed by atoms with van der Waals surface area (Å²) in [5.41, 5.74) is 12.4. The average Bonchev–Trinajstić information content (AvgIpc) is 2.40. The van der Waals surface area contributed by atoms with Gasteiger partial charge < -0.3 is 0 Å². The first kappa shape index (κ1) is 12.0. The van der Waals surface area contributed by atoms with E-state index in [0.29, 0.717) is 5.69 Å². The maximum atomic E-state index is 8.49. The van der Waals surface area contributed by atoms with Gasteiger partial charge in [-0.2, -0.15) is 0 Å². The molecule has 0 bridgehead atoms. The molecule has 0 aliphatic carbocycles. The van der Waals surface area contributed by atoms with Crippen LogP contribution in [0.5, 0.6) is 0 Å². The predicted octanol–water partition coefficient (Wildman–Crippen LogP) is 5.11. The highest BCUT2D eigenvalue weighted by molar-refractivity contribution is 5.75. The second kappa shape index (κ2) is 5.71. The highest BCUT2D eigenvalue weighted by Gasteiger charge is 1.94. The SMILES string of the molecule is Cc1ccc(/C=C/c2ccccc2N=[N+]=[N-])cc1. The first-order valence-corrected chi connectivity index (χ1v) is 5.68. The van der Waals surface area contributed by atoms with Crippen LogP contribution >= 0.6 is 0 Å². The molecular formula is C15H13N3. The molecule has 2 rings (SSSR count). The molecule has 0 unspecified atom stereocenters. The van der Waals surface area contributed by atoms with Crippen LogP contribution < -0.4 is 0 Å². The summed E-state index contributed by atoms with van der Waals surface area (Å²) in [5, 5.41) is 3.66. The van der Waals surface area contributed by atoms with Crippen LogP contribution in [0.4, 0.5) is 5.69 Å². The van der Waals surface area contributed by atoms with Gasteiger partial charge in [0.1, 0.15) is 0 Å². The third-order valence-corrected chi connectivity index (χ3v) is 2.62. The molecule has 88 valence electrons. The lowest BCUT2D eigenvalue weighted by molar-refractivity contribution is 1.45. The zero-order valence-corrected chi connectivity index (χ0v) is 10.1. The minimum Gasteiger partial charge on any atom is -0.0618 e. The number of hydrogen-bond donors (Lipinski definition) is 0. The van der Waals surface area contributed by atoms with E-state index in [0.717, 1.165) is 11.1 Å². The average molecular weight is 235 g/mol. The molecule has 0 amide bonds. The molecule has 0 spiro atoms. The molecule has 3 nitrogen and oxygen atoms in total. The smallest absolute Gasteiger partial charge is 0.0447 e. The van der Waals surface area contributed by atoms with Gasteiger partial charge in [0, 0.05) is 10.6 Å². The number of rotatable bonds is 3. The Labute approximate surface area is 106 Å². The van der Waals surface area contributed by atoms with Crippen LogP contribution in [0, 0.1) is 6.92 Å². The lowest BCUT2D eigenvalue weighted by Gasteiger charge is -1.99. The Hall–Kier alpha value is -2.51. The predicted molar refractivity (Wildman–Crippen MR) is 75.4 cm³/mol. The lowest BCUT2D eigenvalue weighted by atomic mass is 10.1. The molecule has 0 saturated heterocycles. The van der Waals surface area contributed by atoms with Gasteiger partial charge in [0.15, 0.2) is 0 Å². The Morgan fingerprint density at radius 2 is 1.72 bits per heavy atom. The number of nitrogens with zero attached hydrogens (tertiary/aromatic N) is 3. The summed E-state index contributed by atoms with van der Waals surface area (Å²) in [6.07, 6.45) is 3.96. The van der Waals surface area contributed by atoms with Crippen molar-refractivity contribution in [2.45, 2.75) is 6.92 Å². The van der Waals surface area contributed by atoms with Gasteiger partial charge in [0.05, 0.1) is 0 Å². The first-order chi connectivity index (χ1) is 8.79. The molecule has 0 aliphatic heterocycles. The van der Waals surface area contributed by atoms with Crippen molar-refractivity contribution < 1.29 is 0 Å². The standard InChI is InChI=1S/C15H13N3/c1-12-6-8-13(9-7-12)10-11-14-4-2-3-5-15(14)17-18-16/h2-11H,1H3/b11-10+. The van der Waals surface area contributed by atoms with Crippen LogP contribution in [0.25, 0.3) is 22.6 Å². The van der Waals surface area contributed by atoms with E-state index in [1.807, 2.05) is 30.4 Å². The van der Waals surface area contributed by atoms with Gasteiger partial charge in [-0.05, 0) is 23.6 Å². The van der Waals surface area contributed by atoms with Crippen molar-refractivity contribution in [3.63, 3.8) is 0 Å². The van der Waals surface area contributed by atoms with Crippen LogP contribution in [0.3, 0.4) is 0 Å². The molecule has 18 heavy (non-hydrogen) atoms. The van der Waals surface area contributed by atoms with Gasteiger partial charge in [-0.3, -0.25) is 0 Å². The van der Waals surface area contributed by atoms with Crippen molar-refractivity contribution >= 4 is 17.8 Å². The summed E-state index contributed by atoms with van der Waals surface area (Å²) in [5.74, 6) is 0. The first-order valence-electron chi connectivity index (χ1n) is 5.68. The maximum absolute atomic E-state index is 8.49. The fourth-order valence-electron chi connectivity index (χ4n) is 1.63. The minimum absolute atomic E-state index is 0.642. The fourth-order valence-corrected chi connectivity index (χ4v) is 1.63. The zero-order valence-electron chi connectivity index (χ0n) is 10.1. The largest absolute Gasteiger partial charge is 0.0618 e. The topological polar surface area (TPSA) is 48.8 Å². The van der Waals surface area contributed by atoms with E-state index in [1.54, 1.807) is 6.07 Å². The van der Waals surface area contributed by atoms with Crippen LogP contribution in [0.2, 0.25) is 0 Å². The summed E-state index contributed by atoms with van der Waals surface area (Å²) >= 11 is 0. The van der Waals surface area contributed by atoms with Gasteiger partial charge in [-0.15, -0.1) is 0 Å². The molecule has 2 aromatic rings. The van der Waals surface area contributed by atoms with Crippen LogP contribution in [0.15, 0.2) is 53.6 Å². The Morgan fingerprint density at radius 3 is 2.44 bits per heavy atom. The van der Waals surface area contributed by atoms with Crippen LogP contribution in [0.1, 0.15) is 16.7 Å². The number of hydrogen-bond acceptors (Lipinski definition) is 1. The maximum Gasteiger partial charge on any atom is 0.0447 e. The summed E-state index contributed by atoms with van der Waals surface area (Å²) in [6.45, 7) is 2.06.